The third kappa shape index (κ3) is 6.60. The van der Waals surface area contributed by atoms with Crippen molar-refractivity contribution in [3.8, 4) is 0 Å². The molecule has 1 atom stereocenters. The van der Waals surface area contributed by atoms with E-state index in [0.717, 1.165) is 68.3 Å². The molecule has 2 N–H and O–H groups in total. The van der Waals surface area contributed by atoms with E-state index in [0.29, 0.717) is 29.3 Å². The Bertz CT molecular complexity index is 1510. The van der Waals surface area contributed by atoms with Gasteiger partial charge in [0.1, 0.15) is 0 Å². The monoisotopic (exact) mass is 547 g/mol. The fourth-order valence-electron chi connectivity index (χ4n) is 6.04. The van der Waals surface area contributed by atoms with Crippen LogP contribution in [0.3, 0.4) is 0 Å². The van der Waals surface area contributed by atoms with E-state index < -0.39 is 0 Å². The van der Waals surface area contributed by atoms with Crippen LogP contribution in [0, 0.1) is 5.92 Å². The zero-order chi connectivity index (χ0) is 28.0. The lowest BCUT2D eigenvalue weighted by molar-refractivity contribution is 0.0858. The lowest BCUT2D eigenvalue weighted by atomic mass is 9.89. The van der Waals surface area contributed by atoms with Gasteiger partial charge >= 0.3 is 0 Å². The molecule has 210 valence electrons. The Morgan fingerprint density at radius 1 is 0.805 bits per heavy atom. The van der Waals surface area contributed by atoms with Gasteiger partial charge in [-0.25, -0.2) is 0 Å². The van der Waals surface area contributed by atoms with Gasteiger partial charge in [-0.3, -0.25) is 9.59 Å². The van der Waals surface area contributed by atoms with Gasteiger partial charge in [-0.2, -0.15) is 0 Å². The maximum atomic E-state index is 13.5. The number of carbonyl (C=O) groups is 2. The molecule has 2 heterocycles. The Labute approximate surface area is 241 Å². The van der Waals surface area contributed by atoms with Crippen LogP contribution < -0.4 is 15.5 Å². The number of hydrogen-bond donors (Lipinski definition) is 2. The predicted molar refractivity (Wildman–Crippen MR) is 165 cm³/mol. The number of carbonyl (C=O) groups excluding carboxylic acids is 2. The fourth-order valence-corrected chi connectivity index (χ4v) is 6.04. The Kier molecular flexibility index (Phi) is 8.28. The normalized spacial score (nSPS) is 17.5. The molecular weight excluding hydrogens is 510 g/mol. The van der Waals surface area contributed by atoms with Gasteiger partial charge in [-0.05, 0) is 84.7 Å². The van der Waals surface area contributed by atoms with Crippen molar-refractivity contribution < 1.29 is 14.3 Å². The van der Waals surface area contributed by atoms with Gasteiger partial charge in [0.15, 0.2) is 0 Å². The first-order valence-corrected chi connectivity index (χ1v) is 14.8. The van der Waals surface area contributed by atoms with Crippen molar-refractivity contribution >= 4 is 34.0 Å². The predicted octanol–water partition coefficient (Wildman–Crippen LogP) is 6.46. The summed E-state index contributed by atoms with van der Waals surface area (Å²) in [6.07, 6.45) is 5.29. The van der Waals surface area contributed by atoms with Crippen LogP contribution in [-0.2, 0) is 11.2 Å². The summed E-state index contributed by atoms with van der Waals surface area (Å²) >= 11 is 0. The molecule has 2 amide bonds. The summed E-state index contributed by atoms with van der Waals surface area (Å²) in [5.41, 5.74) is 4.06. The van der Waals surface area contributed by atoms with E-state index in [2.05, 4.69) is 45.9 Å². The van der Waals surface area contributed by atoms with Crippen LogP contribution in [0.1, 0.15) is 52.0 Å². The molecule has 2 aliphatic heterocycles. The van der Waals surface area contributed by atoms with Crippen molar-refractivity contribution in [2.75, 3.05) is 36.5 Å². The van der Waals surface area contributed by atoms with Crippen molar-refractivity contribution in [2.45, 2.75) is 38.2 Å². The topological polar surface area (TPSA) is 70.7 Å². The highest BCUT2D eigenvalue weighted by molar-refractivity contribution is 6.08. The van der Waals surface area contributed by atoms with Gasteiger partial charge in [0.25, 0.3) is 11.8 Å². The van der Waals surface area contributed by atoms with Crippen molar-refractivity contribution in [3.63, 3.8) is 0 Å². The molecule has 41 heavy (non-hydrogen) atoms. The Hall–Kier alpha value is -4.16. The van der Waals surface area contributed by atoms with Gasteiger partial charge in [0, 0.05) is 43.2 Å². The van der Waals surface area contributed by atoms with E-state index in [1.807, 2.05) is 60.7 Å². The van der Waals surface area contributed by atoms with E-state index in [-0.39, 0.29) is 17.9 Å². The molecule has 6 nitrogen and oxygen atoms in total. The first-order valence-electron chi connectivity index (χ1n) is 14.8. The molecule has 0 bridgehead atoms. The first kappa shape index (κ1) is 27.0. The third-order valence-electron chi connectivity index (χ3n) is 8.35. The van der Waals surface area contributed by atoms with E-state index in [1.165, 1.54) is 5.56 Å². The smallest absolute Gasteiger partial charge is 0.255 e. The molecule has 0 spiro atoms. The number of fused-ring (bicyclic) bond motifs is 1. The second kappa shape index (κ2) is 12.6. The van der Waals surface area contributed by atoms with E-state index >= 15 is 0 Å². The summed E-state index contributed by atoms with van der Waals surface area (Å²) in [6.45, 7) is 3.03. The number of anilines is 2. The fraction of sp³-hybridized carbons (Fsp3) is 0.314. The van der Waals surface area contributed by atoms with Crippen LogP contribution in [-0.4, -0.2) is 44.2 Å². The minimum absolute atomic E-state index is 0.0620. The summed E-state index contributed by atoms with van der Waals surface area (Å²) in [7, 11) is 0. The van der Waals surface area contributed by atoms with Crippen LogP contribution in [0.15, 0.2) is 91.0 Å². The number of ether oxygens (including phenoxy) is 1. The average molecular weight is 548 g/mol. The highest BCUT2D eigenvalue weighted by Gasteiger charge is 2.25. The number of nitrogens with one attached hydrogen (secondary N) is 2. The van der Waals surface area contributed by atoms with Crippen molar-refractivity contribution in [2.24, 2.45) is 5.92 Å². The van der Waals surface area contributed by atoms with Crippen molar-refractivity contribution in [1.29, 1.82) is 0 Å². The Morgan fingerprint density at radius 3 is 2.37 bits per heavy atom. The van der Waals surface area contributed by atoms with Gasteiger partial charge in [-0.15, -0.1) is 0 Å². The second-order valence-electron chi connectivity index (χ2n) is 11.2. The van der Waals surface area contributed by atoms with Crippen molar-refractivity contribution in [1.82, 2.24) is 5.32 Å². The van der Waals surface area contributed by atoms with Gasteiger partial charge < -0.3 is 20.3 Å². The number of amides is 2. The van der Waals surface area contributed by atoms with Crippen LogP contribution in [0.4, 0.5) is 11.4 Å². The number of benzene rings is 4. The molecule has 0 saturated carbocycles. The molecule has 2 fully saturated rings. The molecule has 0 aromatic heterocycles. The largest absolute Gasteiger partial charge is 0.376 e. The third-order valence-corrected chi connectivity index (χ3v) is 8.35. The molecular formula is C35H37N3O3. The highest BCUT2D eigenvalue weighted by atomic mass is 16.5. The van der Waals surface area contributed by atoms with Crippen molar-refractivity contribution in [3.05, 3.63) is 108 Å². The van der Waals surface area contributed by atoms with Gasteiger partial charge in [-0.1, -0.05) is 60.7 Å². The SMILES string of the molecule is O=C(Nc1ccc(N2CCC(Cc3ccccc3)CC2)c(C(=O)NCC2CCCO2)c1)c1ccc2ccccc2c1. The minimum atomic E-state index is -0.198. The van der Waals surface area contributed by atoms with Crippen LogP contribution in [0.25, 0.3) is 10.8 Å². The van der Waals surface area contributed by atoms with Gasteiger partial charge in [0.05, 0.1) is 11.7 Å². The summed E-state index contributed by atoms with van der Waals surface area (Å²) in [4.78, 5) is 29.0. The number of hydrogen-bond acceptors (Lipinski definition) is 4. The average Bonchev–Trinajstić information content (AvgIpc) is 3.54. The number of piperidine rings is 1. The second-order valence-corrected chi connectivity index (χ2v) is 11.2. The maximum Gasteiger partial charge on any atom is 0.255 e. The molecule has 1 unspecified atom stereocenters. The quantitative estimate of drug-likeness (QED) is 0.266. The molecule has 0 radical (unpaired) electrons. The minimum Gasteiger partial charge on any atom is -0.376 e. The van der Waals surface area contributed by atoms with E-state index in [9.17, 15) is 9.59 Å². The maximum absolute atomic E-state index is 13.5. The molecule has 0 aliphatic carbocycles. The van der Waals surface area contributed by atoms with Gasteiger partial charge in [0.2, 0.25) is 0 Å². The molecule has 2 aliphatic rings. The summed E-state index contributed by atoms with van der Waals surface area (Å²) in [6, 6.07) is 30.0. The first-order chi connectivity index (χ1) is 20.1. The molecule has 6 heteroatoms. The summed E-state index contributed by atoms with van der Waals surface area (Å²) in [5.74, 6) is 0.297. The lowest BCUT2D eigenvalue weighted by Crippen LogP contribution is -2.37. The molecule has 6 rings (SSSR count). The molecule has 4 aromatic carbocycles. The summed E-state index contributed by atoms with van der Waals surface area (Å²) < 4.78 is 5.72. The molecule has 4 aromatic rings. The van der Waals surface area contributed by atoms with Crippen LogP contribution >= 0.6 is 0 Å². The highest BCUT2D eigenvalue weighted by Crippen LogP contribution is 2.30. The molecule has 2 saturated heterocycles. The van der Waals surface area contributed by atoms with E-state index in [4.69, 9.17) is 4.74 Å². The lowest BCUT2D eigenvalue weighted by Gasteiger charge is -2.35. The number of nitrogens with zero attached hydrogens (tertiary/aromatic N) is 1. The standard InChI is InChI=1S/C35H37N3O3/c39-34(29-13-12-27-9-4-5-10-28(27)22-29)37-30-14-15-33(32(23-30)35(40)36-24-31-11-6-20-41-31)38-18-16-26(17-19-38)21-25-7-2-1-3-8-25/h1-5,7-10,12-15,22-23,26,31H,6,11,16-21,24H2,(H,36,40)(H,37,39). The van der Waals surface area contributed by atoms with Crippen LogP contribution in [0.2, 0.25) is 0 Å². The summed E-state index contributed by atoms with van der Waals surface area (Å²) in [5, 5.41) is 8.21. The Morgan fingerprint density at radius 2 is 1.59 bits per heavy atom. The zero-order valence-corrected chi connectivity index (χ0v) is 23.4. The van der Waals surface area contributed by atoms with Crippen LogP contribution in [0.5, 0.6) is 0 Å². The van der Waals surface area contributed by atoms with E-state index in [1.54, 1.807) is 0 Å². The number of rotatable bonds is 8. The zero-order valence-electron chi connectivity index (χ0n) is 23.4. The Balaban J connectivity index is 1.19.